The van der Waals surface area contributed by atoms with Gasteiger partial charge in [0.15, 0.2) is 0 Å². The van der Waals surface area contributed by atoms with Crippen LogP contribution in [0.3, 0.4) is 0 Å². The van der Waals surface area contributed by atoms with Gasteiger partial charge in [-0.25, -0.2) is 9.78 Å². The van der Waals surface area contributed by atoms with Gasteiger partial charge < -0.3 is 15.4 Å². The zero-order valence-corrected chi connectivity index (χ0v) is 18.3. The second-order valence-electron chi connectivity index (χ2n) is 7.38. The molecule has 2 aromatic heterocycles. The molecule has 2 aromatic carbocycles. The summed E-state index contributed by atoms with van der Waals surface area (Å²) in [7, 11) is 0. The molecule has 0 aliphatic rings. The highest BCUT2D eigenvalue weighted by molar-refractivity contribution is 6.30. The first kappa shape index (κ1) is 21.4. The maximum absolute atomic E-state index is 12.4. The van der Waals surface area contributed by atoms with Crippen LogP contribution in [0.1, 0.15) is 16.8 Å². The number of nitrogens with one attached hydrogen (secondary N) is 2. The number of urea groups is 1. The molecule has 7 nitrogen and oxygen atoms in total. The average Bonchev–Trinajstić information content (AvgIpc) is 2.75. The van der Waals surface area contributed by atoms with Gasteiger partial charge in [0, 0.05) is 29.7 Å². The van der Waals surface area contributed by atoms with Gasteiger partial charge in [0.2, 0.25) is 0 Å². The minimum atomic E-state index is -0.348. The molecule has 32 heavy (non-hydrogen) atoms. The lowest BCUT2D eigenvalue weighted by molar-refractivity contribution is 0.262. The van der Waals surface area contributed by atoms with Crippen LogP contribution in [0, 0.1) is 13.8 Å². The van der Waals surface area contributed by atoms with E-state index in [2.05, 4.69) is 15.6 Å². The predicted octanol–water partition coefficient (Wildman–Crippen LogP) is 5.19. The first-order valence-electron chi connectivity index (χ1n) is 9.93. The number of fused-ring (bicyclic) bond motifs is 1. The molecule has 0 fully saturated rings. The third-order valence-corrected chi connectivity index (χ3v) is 5.02. The molecular formula is C24H21ClN4O3. The summed E-state index contributed by atoms with van der Waals surface area (Å²) in [4.78, 5) is 29.1. The molecule has 0 spiro atoms. The molecule has 0 bridgehead atoms. The fraction of sp³-hybridized carbons (Fsp3) is 0.125. The van der Waals surface area contributed by atoms with Crippen LogP contribution in [0.15, 0.2) is 71.7 Å². The molecule has 0 aliphatic carbocycles. The zero-order valence-electron chi connectivity index (χ0n) is 17.6. The molecule has 0 saturated carbocycles. The van der Waals surface area contributed by atoms with Crippen molar-refractivity contribution >= 4 is 34.7 Å². The molecule has 4 rings (SSSR count). The van der Waals surface area contributed by atoms with Crippen molar-refractivity contribution in [2.24, 2.45) is 0 Å². The first-order chi connectivity index (χ1) is 15.4. The normalized spacial score (nSPS) is 10.7. The number of carbonyl (C=O) groups excluding carboxylic acids is 1. The summed E-state index contributed by atoms with van der Waals surface area (Å²) in [5.41, 5.74) is 4.10. The van der Waals surface area contributed by atoms with Crippen LogP contribution in [-0.2, 0) is 6.61 Å². The Morgan fingerprint density at radius 1 is 1.06 bits per heavy atom. The molecule has 2 N–H and O–H groups in total. The Labute approximate surface area is 189 Å². The summed E-state index contributed by atoms with van der Waals surface area (Å²) in [5, 5.41) is 6.11. The number of pyridine rings is 1. The van der Waals surface area contributed by atoms with Crippen molar-refractivity contribution in [3.05, 3.63) is 99.1 Å². The summed E-state index contributed by atoms with van der Waals surface area (Å²) in [5.74, 6) is 0.535. The number of carbonyl (C=O) groups is 1. The number of amides is 2. The third-order valence-electron chi connectivity index (χ3n) is 4.80. The van der Waals surface area contributed by atoms with E-state index in [-0.39, 0.29) is 18.2 Å². The van der Waals surface area contributed by atoms with Gasteiger partial charge in [0.1, 0.15) is 18.0 Å². The summed E-state index contributed by atoms with van der Waals surface area (Å²) in [6, 6.07) is 17.3. The Hall–Kier alpha value is -3.84. The predicted molar refractivity (Wildman–Crippen MR) is 126 cm³/mol. The molecule has 2 amide bonds. The van der Waals surface area contributed by atoms with Crippen molar-refractivity contribution in [1.82, 2.24) is 9.38 Å². The first-order valence-corrected chi connectivity index (χ1v) is 10.3. The minimum Gasteiger partial charge on any atom is -0.487 e. The van der Waals surface area contributed by atoms with E-state index in [0.29, 0.717) is 27.8 Å². The summed E-state index contributed by atoms with van der Waals surface area (Å²) in [6.07, 6.45) is 1.52. The smallest absolute Gasteiger partial charge is 0.323 e. The van der Waals surface area contributed by atoms with Crippen molar-refractivity contribution in [2.75, 3.05) is 10.6 Å². The SMILES string of the molecule is Cc1ccc(C)c(NC(=O)Nc2cccc(OCc3cc(=O)n4cc(Cl)ccc4n3)c2)c1. The Balaban J connectivity index is 1.42. The number of rotatable bonds is 5. The van der Waals surface area contributed by atoms with Gasteiger partial charge in [-0.15, -0.1) is 0 Å². The van der Waals surface area contributed by atoms with E-state index in [0.717, 1.165) is 16.8 Å². The van der Waals surface area contributed by atoms with Gasteiger partial charge in [-0.1, -0.05) is 29.8 Å². The van der Waals surface area contributed by atoms with E-state index < -0.39 is 0 Å². The van der Waals surface area contributed by atoms with Gasteiger partial charge in [-0.05, 0) is 55.3 Å². The van der Waals surface area contributed by atoms with Crippen LogP contribution < -0.4 is 20.9 Å². The second-order valence-corrected chi connectivity index (χ2v) is 7.81. The Morgan fingerprint density at radius 2 is 1.91 bits per heavy atom. The lowest BCUT2D eigenvalue weighted by atomic mass is 10.1. The van der Waals surface area contributed by atoms with E-state index in [1.807, 2.05) is 32.0 Å². The van der Waals surface area contributed by atoms with Gasteiger partial charge in [0.05, 0.1) is 10.7 Å². The average molecular weight is 449 g/mol. The van der Waals surface area contributed by atoms with Crippen molar-refractivity contribution in [3.8, 4) is 5.75 Å². The fourth-order valence-electron chi connectivity index (χ4n) is 3.18. The van der Waals surface area contributed by atoms with Crippen LogP contribution in [0.2, 0.25) is 5.02 Å². The maximum atomic E-state index is 12.4. The standard InChI is InChI=1S/C24H21ClN4O3/c1-15-6-7-16(2)21(10-15)28-24(31)27-18-4-3-5-20(11-18)32-14-19-12-23(30)29-13-17(25)8-9-22(29)26-19/h3-13H,14H2,1-2H3,(H2,27,28,31). The lowest BCUT2D eigenvalue weighted by Crippen LogP contribution is -2.20. The molecule has 2 heterocycles. The largest absolute Gasteiger partial charge is 0.487 e. The van der Waals surface area contributed by atoms with Crippen LogP contribution in [0.5, 0.6) is 5.75 Å². The van der Waals surface area contributed by atoms with Gasteiger partial charge >= 0.3 is 6.03 Å². The van der Waals surface area contributed by atoms with Crippen molar-refractivity contribution in [2.45, 2.75) is 20.5 Å². The Morgan fingerprint density at radius 3 is 2.75 bits per heavy atom. The summed E-state index contributed by atoms with van der Waals surface area (Å²) in [6.45, 7) is 4.01. The van der Waals surface area contributed by atoms with Crippen LogP contribution in [0.25, 0.3) is 5.65 Å². The molecule has 0 atom stereocenters. The molecule has 0 aliphatic heterocycles. The lowest BCUT2D eigenvalue weighted by Gasteiger charge is -2.12. The van der Waals surface area contributed by atoms with Crippen LogP contribution in [-0.4, -0.2) is 15.4 Å². The highest BCUT2D eigenvalue weighted by Crippen LogP contribution is 2.20. The van der Waals surface area contributed by atoms with Gasteiger partial charge in [-0.2, -0.15) is 0 Å². The van der Waals surface area contributed by atoms with E-state index in [4.69, 9.17) is 16.3 Å². The minimum absolute atomic E-state index is 0.104. The van der Waals surface area contributed by atoms with Crippen LogP contribution >= 0.6 is 11.6 Å². The third kappa shape index (κ3) is 5.07. The maximum Gasteiger partial charge on any atom is 0.323 e. The van der Waals surface area contributed by atoms with Crippen molar-refractivity contribution in [3.63, 3.8) is 0 Å². The molecule has 8 heteroatoms. The van der Waals surface area contributed by atoms with Crippen molar-refractivity contribution in [1.29, 1.82) is 0 Å². The Bertz CT molecular complexity index is 1370. The number of hydrogen-bond donors (Lipinski definition) is 2. The number of hydrogen-bond acceptors (Lipinski definition) is 4. The highest BCUT2D eigenvalue weighted by atomic mass is 35.5. The number of ether oxygens (including phenoxy) is 1. The van der Waals surface area contributed by atoms with Crippen LogP contribution in [0.4, 0.5) is 16.2 Å². The second kappa shape index (κ2) is 9.11. The molecule has 0 unspecified atom stereocenters. The quantitative estimate of drug-likeness (QED) is 0.440. The molecule has 162 valence electrons. The topological polar surface area (TPSA) is 84.7 Å². The highest BCUT2D eigenvalue weighted by Gasteiger charge is 2.08. The van der Waals surface area contributed by atoms with Gasteiger partial charge in [-0.3, -0.25) is 9.20 Å². The number of benzene rings is 2. The number of aryl methyl sites for hydroxylation is 2. The number of anilines is 2. The number of nitrogens with zero attached hydrogens (tertiary/aromatic N) is 2. The fourth-order valence-corrected chi connectivity index (χ4v) is 3.34. The van der Waals surface area contributed by atoms with Crippen molar-refractivity contribution < 1.29 is 9.53 Å². The molecule has 0 saturated heterocycles. The molecular weight excluding hydrogens is 428 g/mol. The molecule has 4 aromatic rings. The zero-order chi connectivity index (χ0) is 22.7. The van der Waals surface area contributed by atoms with E-state index >= 15 is 0 Å². The summed E-state index contributed by atoms with van der Waals surface area (Å²) >= 11 is 5.94. The van der Waals surface area contributed by atoms with E-state index in [9.17, 15) is 9.59 Å². The van der Waals surface area contributed by atoms with E-state index in [1.54, 1.807) is 36.4 Å². The van der Waals surface area contributed by atoms with E-state index in [1.165, 1.54) is 16.7 Å². The molecule has 0 radical (unpaired) electrons. The Kier molecular flexibility index (Phi) is 6.09. The number of aromatic nitrogens is 2. The number of halogens is 1. The van der Waals surface area contributed by atoms with Gasteiger partial charge in [0.25, 0.3) is 5.56 Å². The monoisotopic (exact) mass is 448 g/mol. The summed E-state index contributed by atoms with van der Waals surface area (Å²) < 4.78 is 7.17.